The average Bonchev–Trinajstić information content (AvgIpc) is 2.97. The smallest absolute Gasteiger partial charge is 0.122 e. The van der Waals surface area contributed by atoms with E-state index in [0.29, 0.717) is 5.41 Å². The van der Waals surface area contributed by atoms with E-state index < -0.39 is 0 Å². The summed E-state index contributed by atoms with van der Waals surface area (Å²) in [5.74, 6) is 1.15. The predicted octanol–water partition coefficient (Wildman–Crippen LogP) is 2.80. The highest BCUT2D eigenvalue weighted by Gasteiger charge is 2.35. The fraction of sp³-hybridized carbons (Fsp3) is 0.824. The van der Waals surface area contributed by atoms with E-state index in [2.05, 4.69) is 54.6 Å². The van der Waals surface area contributed by atoms with E-state index in [-0.39, 0.29) is 5.54 Å². The number of nitrogens with zero attached hydrogens (tertiary/aromatic N) is 3. The highest BCUT2D eigenvalue weighted by molar-refractivity contribution is 4.94. The van der Waals surface area contributed by atoms with Crippen LogP contribution in [0, 0.1) is 5.41 Å². The molecule has 2 rings (SSSR count). The predicted molar refractivity (Wildman–Crippen MR) is 88.2 cm³/mol. The highest BCUT2D eigenvalue weighted by atomic mass is 15.2. The highest BCUT2D eigenvalue weighted by Crippen LogP contribution is 2.38. The van der Waals surface area contributed by atoms with Crippen LogP contribution in [0.4, 0.5) is 0 Å². The zero-order chi connectivity index (χ0) is 15.5. The second-order valence-electron chi connectivity index (χ2n) is 7.94. The fourth-order valence-corrected chi connectivity index (χ4v) is 3.39. The lowest BCUT2D eigenvalue weighted by Gasteiger charge is -2.36. The Balaban J connectivity index is 1.94. The van der Waals surface area contributed by atoms with Crippen molar-refractivity contribution in [2.75, 3.05) is 20.1 Å². The van der Waals surface area contributed by atoms with E-state index in [4.69, 9.17) is 0 Å². The minimum Gasteiger partial charge on any atom is -0.337 e. The summed E-state index contributed by atoms with van der Waals surface area (Å²) in [4.78, 5) is 6.89. The van der Waals surface area contributed by atoms with Crippen LogP contribution in [0.3, 0.4) is 0 Å². The molecule has 1 aromatic rings. The summed E-state index contributed by atoms with van der Waals surface area (Å²) in [7, 11) is 4.30. The van der Waals surface area contributed by atoms with Crippen molar-refractivity contribution in [2.24, 2.45) is 12.5 Å². The molecule has 0 unspecified atom stereocenters. The molecule has 0 saturated heterocycles. The van der Waals surface area contributed by atoms with Gasteiger partial charge in [0.05, 0.1) is 6.54 Å². The lowest BCUT2D eigenvalue weighted by molar-refractivity contribution is 0.154. The molecule has 0 aliphatic heterocycles. The Morgan fingerprint density at radius 3 is 2.52 bits per heavy atom. The third kappa shape index (κ3) is 4.82. The van der Waals surface area contributed by atoms with E-state index >= 15 is 0 Å². The molecule has 1 aliphatic carbocycles. The molecule has 1 saturated carbocycles. The number of imidazole rings is 1. The van der Waals surface area contributed by atoms with Gasteiger partial charge in [0.2, 0.25) is 0 Å². The molecule has 21 heavy (non-hydrogen) atoms. The normalized spacial score (nSPS) is 18.6. The number of hydrogen-bond acceptors (Lipinski definition) is 3. The van der Waals surface area contributed by atoms with Gasteiger partial charge < -0.3 is 9.88 Å². The van der Waals surface area contributed by atoms with Crippen LogP contribution in [0.25, 0.3) is 0 Å². The zero-order valence-corrected chi connectivity index (χ0v) is 14.4. The van der Waals surface area contributed by atoms with Gasteiger partial charge in [0.1, 0.15) is 5.82 Å². The molecule has 0 bridgehead atoms. The van der Waals surface area contributed by atoms with E-state index in [1.54, 1.807) is 0 Å². The summed E-state index contributed by atoms with van der Waals surface area (Å²) in [5, 5.41) is 3.73. The maximum absolute atomic E-state index is 4.44. The van der Waals surface area contributed by atoms with Gasteiger partial charge in [0, 0.05) is 38.1 Å². The minimum atomic E-state index is 0.202. The summed E-state index contributed by atoms with van der Waals surface area (Å²) >= 11 is 0. The topological polar surface area (TPSA) is 33.1 Å². The minimum absolute atomic E-state index is 0.202. The number of rotatable bonds is 6. The molecule has 120 valence electrons. The number of nitrogens with one attached hydrogen (secondary N) is 1. The lowest BCUT2D eigenvalue weighted by Crippen LogP contribution is -2.47. The molecule has 1 N–H and O–H groups in total. The molecular weight excluding hydrogens is 260 g/mol. The van der Waals surface area contributed by atoms with Gasteiger partial charge in [-0.2, -0.15) is 0 Å². The van der Waals surface area contributed by atoms with Gasteiger partial charge in [-0.3, -0.25) is 4.90 Å². The maximum atomic E-state index is 4.44. The molecule has 0 atom stereocenters. The lowest BCUT2D eigenvalue weighted by atomic mass is 9.84. The van der Waals surface area contributed by atoms with Crippen molar-refractivity contribution in [3.05, 3.63) is 18.2 Å². The van der Waals surface area contributed by atoms with Gasteiger partial charge >= 0.3 is 0 Å². The first kappa shape index (κ1) is 16.5. The van der Waals surface area contributed by atoms with Gasteiger partial charge in [-0.1, -0.05) is 12.8 Å². The van der Waals surface area contributed by atoms with Crippen molar-refractivity contribution >= 4 is 0 Å². The number of aryl methyl sites for hydroxylation is 1. The SMILES string of the molecule is CN(Cc1nccn1C)CC1(CNC(C)(C)C)CCCC1. The molecule has 4 nitrogen and oxygen atoms in total. The third-order valence-corrected chi connectivity index (χ3v) is 4.60. The number of aromatic nitrogens is 2. The van der Waals surface area contributed by atoms with Crippen LogP contribution >= 0.6 is 0 Å². The van der Waals surface area contributed by atoms with Crippen LogP contribution in [0.1, 0.15) is 52.3 Å². The average molecular weight is 292 g/mol. The first-order valence-electron chi connectivity index (χ1n) is 8.20. The van der Waals surface area contributed by atoms with Crippen LogP contribution in [-0.2, 0) is 13.6 Å². The van der Waals surface area contributed by atoms with Crippen molar-refractivity contribution in [3.63, 3.8) is 0 Å². The van der Waals surface area contributed by atoms with E-state index in [1.807, 2.05) is 12.4 Å². The summed E-state index contributed by atoms with van der Waals surface area (Å²) in [6.45, 7) is 9.98. The van der Waals surface area contributed by atoms with Crippen molar-refractivity contribution in [2.45, 2.75) is 58.5 Å². The Kier molecular flexibility index (Phi) is 5.10. The Labute approximate surface area is 129 Å². The number of hydrogen-bond donors (Lipinski definition) is 1. The van der Waals surface area contributed by atoms with Gasteiger partial charge in [0.25, 0.3) is 0 Å². The second kappa shape index (κ2) is 6.49. The van der Waals surface area contributed by atoms with Crippen LogP contribution in [0.2, 0.25) is 0 Å². The van der Waals surface area contributed by atoms with Gasteiger partial charge in [0.15, 0.2) is 0 Å². The Hall–Kier alpha value is -0.870. The summed E-state index contributed by atoms with van der Waals surface area (Å²) in [5.41, 5.74) is 0.640. The molecule has 0 aromatic carbocycles. The molecule has 0 radical (unpaired) electrons. The standard InChI is InChI=1S/C17H32N4/c1-16(2,3)19-13-17(8-6-7-9-17)14-20(4)12-15-18-10-11-21(15)5/h10-11,19H,6-9,12-14H2,1-5H3. The monoisotopic (exact) mass is 292 g/mol. The molecular formula is C17H32N4. The van der Waals surface area contributed by atoms with Gasteiger partial charge in [-0.15, -0.1) is 0 Å². The van der Waals surface area contributed by atoms with Crippen LogP contribution in [0.15, 0.2) is 12.4 Å². The van der Waals surface area contributed by atoms with Crippen molar-refractivity contribution in [1.82, 2.24) is 19.8 Å². The van der Waals surface area contributed by atoms with Crippen LogP contribution < -0.4 is 5.32 Å². The first-order chi connectivity index (χ1) is 9.80. The van der Waals surface area contributed by atoms with Crippen molar-refractivity contribution in [1.29, 1.82) is 0 Å². The van der Waals surface area contributed by atoms with Crippen LogP contribution in [-0.4, -0.2) is 40.1 Å². The van der Waals surface area contributed by atoms with Crippen LogP contribution in [0.5, 0.6) is 0 Å². The van der Waals surface area contributed by atoms with Crippen molar-refractivity contribution < 1.29 is 0 Å². The van der Waals surface area contributed by atoms with E-state index in [0.717, 1.165) is 25.5 Å². The summed E-state index contributed by atoms with van der Waals surface area (Å²) < 4.78 is 2.12. The largest absolute Gasteiger partial charge is 0.337 e. The Bertz CT molecular complexity index is 438. The Morgan fingerprint density at radius 2 is 2.00 bits per heavy atom. The molecule has 1 fully saturated rings. The van der Waals surface area contributed by atoms with Crippen molar-refractivity contribution in [3.8, 4) is 0 Å². The fourth-order valence-electron chi connectivity index (χ4n) is 3.39. The van der Waals surface area contributed by atoms with E-state index in [1.165, 1.54) is 25.7 Å². The quantitative estimate of drug-likeness (QED) is 0.875. The molecule has 1 aromatic heterocycles. The first-order valence-corrected chi connectivity index (χ1v) is 8.20. The zero-order valence-electron chi connectivity index (χ0n) is 14.4. The second-order valence-corrected chi connectivity index (χ2v) is 7.94. The summed E-state index contributed by atoms with van der Waals surface area (Å²) in [6, 6.07) is 0. The summed E-state index contributed by atoms with van der Waals surface area (Å²) in [6.07, 6.45) is 9.36. The molecule has 1 aliphatic rings. The molecule has 0 spiro atoms. The Morgan fingerprint density at radius 1 is 1.33 bits per heavy atom. The molecule has 4 heteroatoms. The molecule has 0 amide bonds. The van der Waals surface area contributed by atoms with Gasteiger partial charge in [-0.25, -0.2) is 4.98 Å². The van der Waals surface area contributed by atoms with E-state index in [9.17, 15) is 0 Å². The van der Waals surface area contributed by atoms with Gasteiger partial charge in [-0.05, 0) is 46.1 Å². The third-order valence-electron chi connectivity index (χ3n) is 4.60. The molecule has 1 heterocycles. The maximum Gasteiger partial charge on any atom is 0.122 e.